The Balaban J connectivity index is 1.51. The van der Waals surface area contributed by atoms with E-state index in [0.29, 0.717) is 24.3 Å². The van der Waals surface area contributed by atoms with Gasteiger partial charge in [-0.15, -0.1) is 0 Å². The third kappa shape index (κ3) is 4.71. The van der Waals surface area contributed by atoms with E-state index < -0.39 is 24.2 Å². The maximum Gasteiger partial charge on any atom is 0.410 e. The third-order valence-corrected chi connectivity index (χ3v) is 5.48. The van der Waals surface area contributed by atoms with Gasteiger partial charge in [0.15, 0.2) is 11.7 Å². The summed E-state index contributed by atoms with van der Waals surface area (Å²) >= 11 is 0. The highest BCUT2D eigenvalue weighted by molar-refractivity contribution is 5.93. The lowest BCUT2D eigenvalue weighted by Crippen LogP contribution is -2.35. The number of hydrogen-bond donors (Lipinski definition) is 2. The summed E-state index contributed by atoms with van der Waals surface area (Å²) in [4.78, 5) is 12.5. The molecule has 1 amide bonds. The molecule has 2 aromatic carbocycles. The van der Waals surface area contributed by atoms with Crippen LogP contribution < -0.4 is 15.4 Å². The van der Waals surface area contributed by atoms with E-state index in [1.807, 2.05) is 30.3 Å². The smallest absolute Gasteiger partial charge is 0.410 e. The van der Waals surface area contributed by atoms with Crippen molar-refractivity contribution in [2.75, 3.05) is 19.0 Å². The highest BCUT2D eigenvalue weighted by Gasteiger charge is 2.46. The van der Waals surface area contributed by atoms with Crippen molar-refractivity contribution in [2.24, 2.45) is 0 Å². The average molecular weight is 444 g/mol. The zero-order valence-electron chi connectivity index (χ0n) is 17.4. The molecule has 2 heterocycles. The fourth-order valence-corrected chi connectivity index (χ4v) is 3.79. The topological polar surface area (TPSA) is 68.2 Å². The summed E-state index contributed by atoms with van der Waals surface area (Å²) in [6, 6.07) is 15.4. The van der Waals surface area contributed by atoms with Crippen LogP contribution >= 0.6 is 0 Å². The Labute approximate surface area is 183 Å². The van der Waals surface area contributed by atoms with E-state index in [1.54, 1.807) is 24.3 Å². The van der Waals surface area contributed by atoms with Crippen LogP contribution in [-0.2, 0) is 6.42 Å². The first kappa shape index (κ1) is 21.7. The van der Waals surface area contributed by atoms with Crippen LogP contribution in [-0.4, -0.2) is 35.5 Å². The van der Waals surface area contributed by atoms with Gasteiger partial charge in [0, 0.05) is 19.0 Å². The number of carbonyl (C=O) groups is 1. The zero-order valence-corrected chi connectivity index (χ0v) is 17.4. The minimum absolute atomic E-state index is 0.0507. The monoisotopic (exact) mass is 444 g/mol. The van der Waals surface area contributed by atoms with Gasteiger partial charge in [0.2, 0.25) is 0 Å². The Morgan fingerprint density at radius 1 is 1.19 bits per heavy atom. The van der Waals surface area contributed by atoms with Crippen molar-refractivity contribution in [3.63, 3.8) is 0 Å². The van der Waals surface area contributed by atoms with Crippen LogP contribution in [0, 0.1) is 0 Å². The SMILES string of the molecule is COc1ccc([C@@H]2C[C@@H](C(F)(F)F)n3nc(C(=O)NCCc4ccccc4)cc3N2)cc1. The van der Waals surface area contributed by atoms with Gasteiger partial charge in [0.1, 0.15) is 11.6 Å². The van der Waals surface area contributed by atoms with Gasteiger partial charge in [-0.1, -0.05) is 42.5 Å². The van der Waals surface area contributed by atoms with Gasteiger partial charge in [-0.05, 0) is 29.7 Å². The lowest BCUT2D eigenvalue weighted by Gasteiger charge is -2.33. The molecule has 2 atom stereocenters. The molecule has 0 aliphatic carbocycles. The summed E-state index contributed by atoms with van der Waals surface area (Å²) < 4.78 is 47.4. The van der Waals surface area contributed by atoms with E-state index >= 15 is 0 Å². The molecule has 2 N–H and O–H groups in total. The molecule has 0 fully saturated rings. The van der Waals surface area contributed by atoms with Crippen LogP contribution in [0.1, 0.15) is 40.1 Å². The highest BCUT2D eigenvalue weighted by atomic mass is 19.4. The van der Waals surface area contributed by atoms with E-state index in [-0.39, 0.29) is 17.9 Å². The minimum Gasteiger partial charge on any atom is -0.497 e. The number of amides is 1. The standard InChI is InChI=1S/C23H23F3N4O2/c1-32-17-9-7-16(8-10-17)18-13-20(23(24,25)26)30-21(28-18)14-19(29-30)22(31)27-12-11-15-5-3-2-4-6-15/h2-10,14,18,20,28H,11-13H2,1H3,(H,27,31)/t18-,20-/m0/s1. The van der Waals surface area contributed by atoms with Crippen molar-refractivity contribution >= 4 is 11.7 Å². The summed E-state index contributed by atoms with van der Waals surface area (Å²) in [5.41, 5.74) is 1.70. The first-order valence-electron chi connectivity index (χ1n) is 10.2. The van der Waals surface area contributed by atoms with E-state index in [2.05, 4.69) is 15.7 Å². The van der Waals surface area contributed by atoms with Crippen molar-refractivity contribution < 1.29 is 22.7 Å². The summed E-state index contributed by atoms with van der Waals surface area (Å²) in [6.07, 6.45) is -4.13. The first-order valence-corrected chi connectivity index (χ1v) is 10.2. The summed E-state index contributed by atoms with van der Waals surface area (Å²) in [5, 5.41) is 9.80. The molecule has 0 bridgehead atoms. The first-order chi connectivity index (χ1) is 15.3. The molecule has 1 aliphatic rings. The van der Waals surface area contributed by atoms with E-state index in [4.69, 9.17) is 4.74 Å². The Morgan fingerprint density at radius 2 is 1.91 bits per heavy atom. The number of methoxy groups -OCH3 is 1. The number of aromatic nitrogens is 2. The molecule has 0 saturated carbocycles. The maximum absolute atomic E-state index is 13.8. The number of carbonyl (C=O) groups excluding carboxylic acids is 1. The normalized spacial score (nSPS) is 17.9. The predicted octanol–water partition coefficient (Wildman–Crippen LogP) is 4.52. The second-order valence-corrected chi connectivity index (χ2v) is 7.61. The number of benzene rings is 2. The maximum atomic E-state index is 13.8. The Morgan fingerprint density at radius 3 is 2.56 bits per heavy atom. The quantitative estimate of drug-likeness (QED) is 0.587. The average Bonchev–Trinajstić information content (AvgIpc) is 3.23. The molecule has 168 valence electrons. The van der Waals surface area contributed by atoms with Crippen LogP contribution in [0.25, 0.3) is 0 Å². The Kier molecular flexibility index (Phi) is 6.07. The molecule has 4 rings (SSSR count). The van der Waals surface area contributed by atoms with Crippen molar-refractivity contribution in [3.8, 4) is 5.75 Å². The number of nitrogens with one attached hydrogen (secondary N) is 2. The molecule has 6 nitrogen and oxygen atoms in total. The molecule has 1 aromatic heterocycles. The summed E-state index contributed by atoms with van der Waals surface area (Å²) in [6.45, 7) is 0.357. The second-order valence-electron chi connectivity index (χ2n) is 7.61. The van der Waals surface area contributed by atoms with Crippen molar-refractivity contribution in [1.82, 2.24) is 15.1 Å². The van der Waals surface area contributed by atoms with Gasteiger partial charge in [0.05, 0.1) is 13.2 Å². The number of fused-ring (bicyclic) bond motifs is 1. The molecule has 1 aliphatic heterocycles. The largest absolute Gasteiger partial charge is 0.497 e. The fraction of sp³-hybridized carbons (Fsp3) is 0.304. The number of halogens is 3. The molecule has 0 unspecified atom stereocenters. The zero-order chi connectivity index (χ0) is 22.7. The lowest BCUT2D eigenvalue weighted by atomic mass is 9.97. The minimum atomic E-state index is -4.51. The summed E-state index contributed by atoms with van der Waals surface area (Å²) in [5.74, 6) is 0.274. The van der Waals surface area contributed by atoms with Crippen LogP contribution in [0.5, 0.6) is 5.75 Å². The van der Waals surface area contributed by atoms with Crippen LogP contribution in [0.15, 0.2) is 60.7 Å². The third-order valence-electron chi connectivity index (χ3n) is 5.48. The van der Waals surface area contributed by atoms with Gasteiger partial charge in [-0.25, -0.2) is 4.68 Å². The molecular weight excluding hydrogens is 421 g/mol. The second kappa shape index (κ2) is 8.94. The number of rotatable bonds is 6. The number of anilines is 1. The Hall–Kier alpha value is -3.49. The molecule has 32 heavy (non-hydrogen) atoms. The van der Waals surface area contributed by atoms with E-state index in [1.165, 1.54) is 13.2 Å². The van der Waals surface area contributed by atoms with Gasteiger partial charge >= 0.3 is 6.18 Å². The van der Waals surface area contributed by atoms with Gasteiger partial charge in [-0.3, -0.25) is 4.79 Å². The number of ether oxygens (including phenoxy) is 1. The van der Waals surface area contributed by atoms with Crippen molar-refractivity contribution in [3.05, 3.63) is 77.5 Å². The molecule has 3 aromatic rings. The molecular formula is C23H23F3N4O2. The molecule has 9 heteroatoms. The van der Waals surface area contributed by atoms with Gasteiger partial charge in [0.25, 0.3) is 5.91 Å². The van der Waals surface area contributed by atoms with Gasteiger partial charge in [-0.2, -0.15) is 18.3 Å². The Bertz CT molecular complexity index is 1070. The molecule has 0 radical (unpaired) electrons. The number of nitrogens with zero attached hydrogens (tertiary/aromatic N) is 2. The summed E-state index contributed by atoms with van der Waals surface area (Å²) in [7, 11) is 1.53. The van der Waals surface area contributed by atoms with E-state index in [0.717, 1.165) is 10.2 Å². The van der Waals surface area contributed by atoms with Crippen LogP contribution in [0.2, 0.25) is 0 Å². The number of alkyl halides is 3. The van der Waals surface area contributed by atoms with Crippen molar-refractivity contribution in [1.29, 1.82) is 0 Å². The lowest BCUT2D eigenvalue weighted by molar-refractivity contribution is -0.173. The van der Waals surface area contributed by atoms with Crippen LogP contribution in [0.3, 0.4) is 0 Å². The van der Waals surface area contributed by atoms with E-state index in [9.17, 15) is 18.0 Å². The fourth-order valence-electron chi connectivity index (χ4n) is 3.79. The predicted molar refractivity (Wildman–Crippen MR) is 114 cm³/mol. The van der Waals surface area contributed by atoms with Crippen LogP contribution in [0.4, 0.5) is 19.0 Å². The number of hydrogen-bond acceptors (Lipinski definition) is 4. The van der Waals surface area contributed by atoms with Gasteiger partial charge < -0.3 is 15.4 Å². The molecule has 0 saturated heterocycles. The highest BCUT2D eigenvalue weighted by Crippen LogP contribution is 2.43. The molecule has 0 spiro atoms. The van der Waals surface area contributed by atoms with Crippen molar-refractivity contribution in [2.45, 2.75) is 31.1 Å².